The molecule has 1 heterocycles. The lowest BCUT2D eigenvalue weighted by Gasteiger charge is -2.13. The van der Waals surface area contributed by atoms with Crippen molar-refractivity contribution in [3.8, 4) is 5.19 Å². The van der Waals surface area contributed by atoms with Gasteiger partial charge < -0.3 is 22.4 Å². The summed E-state index contributed by atoms with van der Waals surface area (Å²) < 4.78 is 38.2. The van der Waals surface area contributed by atoms with Gasteiger partial charge in [-0.05, 0) is 27.7 Å². The molecule has 0 aromatic carbocycles. The maximum atomic E-state index is 12.8. The Morgan fingerprint density at radius 1 is 0.962 bits per heavy atom. The molecule has 26 heavy (non-hydrogen) atoms. The van der Waals surface area contributed by atoms with Gasteiger partial charge in [0.25, 0.3) is 5.19 Å². The van der Waals surface area contributed by atoms with Crippen LogP contribution in [0.25, 0.3) is 0 Å². The first kappa shape index (κ1) is 23.3. The van der Waals surface area contributed by atoms with Crippen LogP contribution >= 0.6 is 40.4 Å². The highest BCUT2D eigenvalue weighted by Gasteiger charge is 2.34. The number of nitrogens with zero attached hydrogens (tertiary/aromatic N) is 1. The molecule has 0 fully saturated rings. The Balaban J connectivity index is 3.13. The van der Waals surface area contributed by atoms with Gasteiger partial charge in [-0.25, -0.2) is 14.2 Å². The lowest BCUT2D eigenvalue weighted by Crippen LogP contribution is -2.12. The highest BCUT2D eigenvalue weighted by Crippen LogP contribution is 2.70. The monoisotopic (exact) mass is 445 g/mol. The molecule has 148 valence electrons. The average molecular weight is 445 g/mol. The Hall–Kier alpha value is -0.780. The number of hydrogen-bond acceptors (Lipinski definition) is 12. The average Bonchev–Trinajstić information content (AvgIpc) is 3.02. The van der Waals surface area contributed by atoms with E-state index < -0.39 is 17.7 Å². The second-order valence-electron chi connectivity index (χ2n) is 4.10. The molecule has 0 aliphatic rings. The Labute approximate surface area is 163 Å². The van der Waals surface area contributed by atoms with Crippen LogP contribution in [-0.4, -0.2) is 43.4 Å². The third kappa shape index (κ3) is 7.09. The van der Waals surface area contributed by atoms with Crippen molar-refractivity contribution in [3.63, 3.8) is 0 Å². The SMILES string of the molecule is CCOSP(=O)(Oc1nc(C(=O)OCC)c(C(=O)OCC)s1)SOCC. The molecule has 0 radical (unpaired) electrons. The van der Waals surface area contributed by atoms with Crippen molar-refractivity contribution in [1.82, 2.24) is 4.98 Å². The van der Waals surface area contributed by atoms with Crippen LogP contribution in [0.15, 0.2) is 0 Å². The number of carbonyl (C=O) groups is 2. The number of aromatic nitrogens is 1. The normalized spacial score (nSPS) is 11.2. The number of carbonyl (C=O) groups excluding carboxylic acids is 2. The van der Waals surface area contributed by atoms with E-state index in [2.05, 4.69) is 4.98 Å². The highest BCUT2D eigenvalue weighted by molar-refractivity contribution is 8.87. The largest absolute Gasteiger partial charge is 0.462 e. The first-order valence-electron chi connectivity index (χ1n) is 7.67. The van der Waals surface area contributed by atoms with Gasteiger partial charge in [-0.15, -0.1) is 0 Å². The summed E-state index contributed by atoms with van der Waals surface area (Å²) in [5, 5.41) is -0.154. The topological polar surface area (TPSA) is 110 Å². The summed E-state index contributed by atoms with van der Waals surface area (Å²) in [7, 11) is 0. The lowest BCUT2D eigenvalue weighted by molar-refractivity contribution is 0.0478. The Morgan fingerprint density at radius 3 is 2.00 bits per heavy atom. The molecule has 0 atom stereocenters. The van der Waals surface area contributed by atoms with E-state index in [0.717, 1.165) is 11.3 Å². The van der Waals surface area contributed by atoms with Gasteiger partial charge in [0, 0.05) is 0 Å². The second kappa shape index (κ2) is 11.8. The van der Waals surface area contributed by atoms with Crippen LogP contribution in [-0.2, 0) is 22.4 Å². The minimum absolute atomic E-state index is 0.0883. The highest BCUT2D eigenvalue weighted by atomic mass is 33.1. The van der Waals surface area contributed by atoms with Gasteiger partial charge in [0.1, 0.15) is 23.3 Å². The molecule has 9 nitrogen and oxygen atoms in total. The molecule has 1 rings (SSSR count). The van der Waals surface area contributed by atoms with Gasteiger partial charge in [-0.1, -0.05) is 11.3 Å². The second-order valence-corrected chi connectivity index (χ2v) is 11.4. The quantitative estimate of drug-likeness (QED) is 0.260. The molecule has 0 N–H and O–H groups in total. The fraction of sp³-hybridized carbons (Fsp3) is 0.615. The third-order valence-corrected chi connectivity index (χ3v) is 8.00. The summed E-state index contributed by atoms with van der Waals surface area (Å²) in [6.45, 7) is 7.52. The van der Waals surface area contributed by atoms with Crippen LogP contribution in [0.5, 0.6) is 5.19 Å². The standard InChI is InChI=1S/C13H20NO8PS3/c1-5-18-11(15)9-10(12(16)19-6-2)24-13(14-9)22-23(17,25-20-7-3)26-21-8-4/h5-8H2,1-4H3. The Bertz CT molecular complexity index is 606. The van der Waals surface area contributed by atoms with Crippen molar-refractivity contribution in [2.75, 3.05) is 26.4 Å². The molecule has 1 aromatic rings. The number of hydrogen-bond donors (Lipinski definition) is 0. The van der Waals surface area contributed by atoms with Crippen molar-refractivity contribution in [2.24, 2.45) is 0 Å². The van der Waals surface area contributed by atoms with Crippen LogP contribution in [0.4, 0.5) is 0 Å². The van der Waals surface area contributed by atoms with Crippen molar-refractivity contribution < 1.29 is 36.5 Å². The van der Waals surface area contributed by atoms with Crippen LogP contribution in [0, 0.1) is 0 Å². The fourth-order valence-electron chi connectivity index (χ4n) is 1.39. The van der Waals surface area contributed by atoms with E-state index in [4.69, 9.17) is 22.4 Å². The van der Waals surface area contributed by atoms with Crippen molar-refractivity contribution in [3.05, 3.63) is 10.6 Å². The number of thiazole rings is 1. The van der Waals surface area contributed by atoms with Crippen molar-refractivity contribution in [1.29, 1.82) is 0 Å². The molecule has 0 aliphatic carbocycles. The predicted octanol–water partition coefficient (Wildman–Crippen LogP) is 4.35. The smallest absolute Gasteiger partial charge is 0.413 e. The zero-order chi connectivity index (χ0) is 19.6. The molecule has 0 saturated heterocycles. The molecule has 13 heteroatoms. The molecule has 0 aliphatic heterocycles. The maximum absolute atomic E-state index is 12.8. The minimum atomic E-state index is -3.54. The number of esters is 2. The summed E-state index contributed by atoms with van der Waals surface area (Å²) in [5.74, 6) is -5.08. The predicted molar refractivity (Wildman–Crippen MR) is 101 cm³/mol. The zero-order valence-electron chi connectivity index (χ0n) is 14.7. The fourth-order valence-corrected chi connectivity index (χ4v) is 6.68. The van der Waals surface area contributed by atoms with Gasteiger partial charge in [-0.3, -0.25) is 0 Å². The third-order valence-electron chi connectivity index (χ3n) is 2.25. The van der Waals surface area contributed by atoms with Gasteiger partial charge >= 0.3 is 17.7 Å². The molecular weight excluding hydrogens is 425 g/mol. The van der Waals surface area contributed by atoms with Crippen LogP contribution in [0.1, 0.15) is 47.9 Å². The summed E-state index contributed by atoms with van der Waals surface area (Å²) in [5.41, 5.74) is -0.250. The molecule has 0 unspecified atom stereocenters. The molecule has 0 bridgehead atoms. The van der Waals surface area contributed by atoms with E-state index in [9.17, 15) is 14.2 Å². The van der Waals surface area contributed by atoms with Gasteiger partial charge in [-0.2, -0.15) is 4.98 Å². The van der Waals surface area contributed by atoms with E-state index in [1.807, 2.05) is 0 Å². The molecule has 0 amide bonds. The molecule has 0 spiro atoms. The maximum Gasteiger partial charge on any atom is 0.413 e. The van der Waals surface area contributed by atoms with Gasteiger partial charge in [0.2, 0.25) is 0 Å². The lowest BCUT2D eigenvalue weighted by atomic mass is 10.3. The summed E-state index contributed by atoms with van der Waals surface area (Å²) in [4.78, 5) is 27.9. The van der Waals surface area contributed by atoms with E-state index in [0.29, 0.717) is 36.5 Å². The van der Waals surface area contributed by atoms with Gasteiger partial charge in [0.15, 0.2) is 10.6 Å². The summed E-state index contributed by atoms with van der Waals surface area (Å²) in [6, 6.07) is 0. The summed E-state index contributed by atoms with van der Waals surface area (Å²) >= 11 is 1.97. The molecule has 1 aromatic heterocycles. The Morgan fingerprint density at radius 2 is 1.50 bits per heavy atom. The van der Waals surface area contributed by atoms with E-state index in [1.54, 1.807) is 27.7 Å². The van der Waals surface area contributed by atoms with Crippen LogP contribution in [0.3, 0.4) is 0 Å². The van der Waals surface area contributed by atoms with Gasteiger partial charge in [0.05, 0.1) is 26.4 Å². The summed E-state index contributed by atoms with van der Waals surface area (Å²) in [6.07, 6.45) is 0. The minimum Gasteiger partial charge on any atom is -0.462 e. The Kier molecular flexibility index (Phi) is 10.6. The van der Waals surface area contributed by atoms with Crippen molar-refractivity contribution >= 4 is 52.4 Å². The molecule has 0 saturated carbocycles. The number of rotatable bonds is 12. The van der Waals surface area contributed by atoms with Crippen LogP contribution < -0.4 is 4.52 Å². The van der Waals surface area contributed by atoms with Crippen molar-refractivity contribution in [2.45, 2.75) is 27.7 Å². The first-order valence-corrected chi connectivity index (χ1v) is 12.8. The zero-order valence-corrected chi connectivity index (χ0v) is 18.1. The number of ether oxygens (including phenoxy) is 2. The first-order chi connectivity index (χ1) is 12.4. The van der Waals surface area contributed by atoms with Crippen LogP contribution in [0.2, 0.25) is 0 Å². The molecular formula is C13H20NO8PS3. The van der Waals surface area contributed by atoms with E-state index in [1.165, 1.54) is 0 Å². The van der Waals surface area contributed by atoms with E-state index >= 15 is 0 Å². The van der Waals surface area contributed by atoms with E-state index in [-0.39, 0.29) is 29.0 Å².